The SMILES string of the molecule is CN(Cc1ccc(N(C)C)cc1)C(=O)COC(=O)c1ccc(CO)cc1. The van der Waals surface area contributed by atoms with Gasteiger partial charge in [0.25, 0.3) is 5.91 Å². The number of amides is 1. The van der Waals surface area contributed by atoms with Gasteiger partial charge in [0.1, 0.15) is 0 Å². The molecule has 2 rings (SSSR count). The number of anilines is 1. The highest BCUT2D eigenvalue weighted by Gasteiger charge is 2.14. The summed E-state index contributed by atoms with van der Waals surface area (Å²) in [5, 5.41) is 9.00. The van der Waals surface area contributed by atoms with Crippen molar-refractivity contribution in [1.82, 2.24) is 4.90 Å². The van der Waals surface area contributed by atoms with Crippen LogP contribution in [-0.2, 0) is 22.7 Å². The Hall–Kier alpha value is -2.86. The van der Waals surface area contributed by atoms with E-state index in [1.807, 2.05) is 43.3 Å². The van der Waals surface area contributed by atoms with Crippen molar-refractivity contribution in [2.45, 2.75) is 13.2 Å². The van der Waals surface area contributed by atoms with Gasteiger partial charge < -0.3 is 19.6 Å². The fourth-order valence-corrected chi connectivity index (χ4v) is 2.33. The van der Waals surface area contributed by atoms with Crippen LogP contribution >= 0.6 is 0 Å². The first-order chi connectivity index (χ1) is 12.4. The average molecular weight is 356 g/mol. The standard InChI is InChI=1S/C20H24N2O4/c1-21(2)18-10-6-15(7-11-18)12-22(3)19(24)14-26-20(25)17-8-4-16(13-23)5-9-17/h4-11,23H,12-14H2,1-3H3. The van der Waals surface area contributed by atoms with E-state index in [0.29, 0.717) is 17.7 Å². The number of nitrogens with zero attached hydrogens (tertiary/aromatic N) is 2. The fourth-order valence-electron chi connectivity index (χ4n) is 2.33. The molecule has 0 atom stereocenters. The molecule has 0 unspecified atom stereocenters. The van der Waals surface area contributed by atoms with E-state index in [9.17, 15) is 9.59 Å². The van der Waals surface area contributed by atoms with E-state index in [-0.39, 0.29) is 19.1 Å². The molecule has 0 spiro atoms. The molecule has 0 aliphatic rings. The van der Waals surface area contributed by atoms with Crippen molar-refractivity contribution in [3.05, 3.63) is 65.2 Å². The number of rotatable bonds is 7. The van der Waals surface area contributed by atoms with Crippen molar-refractivity contribution in [2.75, 3.05) is 32.6 Å². The van der Waals surface area contributed by atoms with Crippen LogP contribution < -0.4 is 4.90 Å². The van der Waals surface area contributed by atoms with Crippen molar-refractivity contribution < 1.29 is 19.4 Å². The molecule has 0 saturated heterocycles. The number of hydrogen-bond acceptors (Lipinski definition) is 5. The summed E-state index contributed by atoms with van der Waals surface area (Å²) >= 11 is 0. The zero-order valence-electron chi connectivity index (χ0n) is 15.3. The van der Waals surface area contributed by atoms with Gasteiger partial charge in [-0.3, -0.25) is 4.79 Å². The molecule has 0 heterocycles. The third kappa shape index (κ3) is 5.32. The normalized spacial score (nSPS) is 10.3. The van der Waals surface area contributed by atoms with Crippen molar-refractivity contribution in [3.63, 3.8) is 0 Å². The lowest BCUT2D eigenvalue weighted by Gasteiger charge is -2.18. The third-order valence-corrected chi connectivity index (χ3v) is 4.00. The Morgan fingerprint density at radius 1 is 0.923 bits per heavy atom. The zero-order valence-corrected chi connectivity index (χ0v) is 15.3. The minimum Gasteiger partial charge on any atom is -0.452 e. The summed E-state index contributed by atoms with van der Waals surface area (Å²) in [4.78, 5) is 27.7. The molecule has 0 aromatic heterocycles. The Morgan fingerprint density at radius 3 is 2.04 bits per heavy atom. The predicted octanol–water partition coefficient (Wildman–Crippen LogP) is 2.06. The molecule has 1 N–H and O–H groups in total. The van der Waals surface area contributed by atoms with Crippen LogP contribution in [0.4, 0.5) is 5.69 Å². The molecule has 6 heteroatoms. The first kappa shape index (κ1) is 19.5. The summed E-state index contributed by atoms with van der Waals surface area (Å²) in [7, 11) is 5.61. The maximum atomic E-state index is 12.2. The highest BCUT2D eigenvalue weighted by molar-refractivity contribution is 5.91. The molecule has 6 nitrogen and oxygen atoms in total. The highest BCUT2D eigenvalue weighted by atomic mass is 16.5. The first-order valence-electron chi connectivity index (χ1n) is 8.28. The molecular formula is C20H24N2O4. The molecule has 2 aromatic rings. The van der Waals surface area contributed by atoms with Crippen LogP contribution in [0, 0.1) is 0 Å². The van der Waals surface area contributed by atoms with Crippen LogP contribution in [0.5, 0.6) is 0 Å². The average Bonchev–Trinajstić information content (AvgIpc) is 2.66. The van der Waals surface area contributed by atoms with Gasteiger partial charge in [0.05, 0.1) is 12.2 Å². The van der Waals surface area contributed by atoms with E-state index in [1.165, 1.54) is 4.90 Å². The quantitative estimate of drug-likeness (QED) is 0.769. The number of hydrogen-bond donors (Lipinski definition) is 1. The number of ether oxygens (including phenoxy) is 1. The van der Waals surface area contributed by atoms with Crippen molar-refractivity contribution in [2.24, 2.45) is 0 Å². The highest BCUT2D eigenvalue weighted by Crippen LogP contribution is 2.13. The van der Waals surface area contributed by atoms with Gasteiger partial charge in [-0.1, -0.05) is 24.3 Å². The van der Waals surface area contributed by atoms with E-state index < -0.39 is 5.97 Å². The second kappa shape index (κ2) is 9.01. The maximum Gasteiger partial charge on any atom is 0.338 e. The Labute approximate surface area is 153 Å². The summed E-state index contributed by atoms with van der Waals surface area (Å²) in [5.74, 6) is -0.839. The maximum absolute atomic E-state index is 12.2. The second-order valence-electron chi connectivity index (χ2n) is 6.24. The molecule has 1 amide bonds. The molecule has 0 aliphatic heterocycles. The van der Waals surface area contributed by atoms with E-state index >= 15 is 0 Å². The van der Waals surface area contributed by atoms with E-state index in [4.69, 9.17) is 9.84 Å². The summed E-state index contributed by atoms with van der Waals surface area (Å²) in [6.07, 6.45) is 0. The lowest BCUT2D eigenvalue weighted by Crippen LogP contribution is -2.30. The number of likely N-dealkylation sites (N-methyl/N-ethyl adjacent to an activating group) is 1. The van der Waals surface area contributed by atoms with Gasteiger partial charge in [0.2, 0.25) is 0 Å². The third-order valence-electron chi connectivity index (χ3n) is 4.00. The lowest BCUT2D eigenvalue weighted by molar-refractivity contribution is -0.133. The van der Waals surface area contributed by atoms with Gasteiger partial charge >= 0.3 is 5.97 Å². The topological polar surface area (TPSA) is 70.1 Å². The lowest BCUT2D eigenvalue weighted by atomic mass is 10.1. The number of carbonyl (C=O) groups is 2. The van der Waals surface area contributed by atoms with Gasteiger partial charge in [-0.25, -0.2) is 4.79 Å². The molecule has 2 aromatic carbocycles. The van der Waals surface area contributed by atoms with Gasteiger partial charge in [0, 0.05) is 33.4 Å². The summed E-state index contributed by atoms with van der Waals surface area (Å²) < 4.78 is 5.07. The summed E-state index contributed by atoms with van der Waals surface area (Å²) in [5.41, 5.74) is 3.14. The number of aliphatic hydroxyl groups excluding tert-OH is 1. The summed E-state index contributed by atoms with van der Waals surface area (Å²) in [6.45, 7) is 0.0380. The minimum atomic E-state index is -0.563. The van der Waals surface area contributed by atoms with Crippen molar-refractivity contribution >= 4 is 17.6 Å². The fraction of sp³-hybridized carbons (Fsp3) is 0.300. The molecule has 0 aliphatic carbocycles. The summed E-state index contributed by atoms with van der Waals surface area (Å²) in [6, 6.07) is 14.3. The zero-order chi connectivity index (χ0) is 19.1. The van der Waals surface area contributed by atoms with Crippen molar-refractivity contribution in [3.8, 4) is 0 Å². The van der Waals surface area contributed by atoms with Gasteiger partial charge in [-0.05, 0) is 35.4 Å². The Morgan fingerprint density at radius 2 is 1.50 bits per heavy atom. The number of carbonyl (C=O) groups excluding carboxylic acids is 2. The van der Waals surface area contributed by atoms with Crippen LogP contribution in [0.3, 0.4) is 0 Å². The molecule has 26 heavy (non-hydrogen) atoms. The first-order valence-corrected chi connectivity index (χ1v) is 8.28. The molecular weight excluding hydrogens is 332 g/mol. The Kier molecular flexibility index (Phi) is 6.74. The molecule has 138 valence electrons. The molecule has 0 fully saturated rings. The van der Waals surface area contributed by atoms with Crippen LogP contribution in [0.2, 0.25) is 0 Å². The van der Waals surface area contributed by atoms with Crippen LogP contribution in [0.1, 0.15) is 21.5 Å². The van der Waals surface area contributed by atoms with Gasteiger partial charge in [0.15, 0.2) is 6.61 Å². The minimum absolute atomic E-state index is 0.0892. The molecule has 0 saturated carbocycles. The van der Waals surface area contributed by atoms with E-state index in [1.54, 1.807) is 31.3 Å². The van der Waals surface area contributed by atoms with Gasteiger partial charge in [-0.15, -0.1) is 0 Å². The second-order valence-corrected chi connectivity index (χ2v) is 6.24. The van der Waals surface area contributed by atoms with E-state index in [0.717, 1.165) is 11.3 Å². The number of aliphatic hydroxyl groups is 1. The largest absolute Gasteiger partial charge is 0.452 e. The molecule has 0 radical (unpaired) electrons. The van der Waals surface area contributed by atoms with Crippen LogP contribution in [0.15, 0.2) is 48.5 Å². The van der Waals surface area contributed by atoms with E-state index in [2.05, 4.69) is 0 Å². The van der Waals surface area contributed by atoms with Gasteiger partial charge in [-0.2, -0.15) is 0 Å². The smallest absolute Gasteiger partial charge is 0.338 e. The van der Waals surface area contributed by atoms with Crippen LogP contribution in [0.25, 0.3) is 0 Å². The predicted molar refractivity (Wildman–Crippen MR) is 99.9 cm³/mol. The number of esters is 1. The molecule has 0 bridgehead atoms. The Bertz CT molecular complexity index is 739. The monoisotopic (exact) mass is 356 g/mol. The van der Waals surface area contributed by atoms with Crippen LogP contribution in [-0.4, -0.2) is 49.6 Å². The van der Waals surface area contributed by atoms with Crippen molar-refractivity contribution in [1.29, 1.82) is 0 Å². The number of benzene rings is 2. The Balaban J connectivity index is 1.85.